The molecule has 1 aromatic heterocycles. The molecule has 138 valence electrons. The normalized spacial score (nSPS) is 20.7. The molecule has 2 aromatic rings. The number of amides is 1. The number of carbonyl (C=O) groups is 1. The molecule has 26 heavy (non-hydrogen) atoms. The van der Waals surface area contributed by atoms with Gasteiger partial charge in [0.15, 0.2) is 0 Å². The number of aryl methyl sites for hydroxylation is 2. The number of aromatic nitrogens is 2. The standard InChI is InChI=1S/C21H27N3O2/c1-16-6-8-17(9-7-16)13-19-20(26-3)5-4-12-24(19)21(25)11-10-18-14-22-23(2)15-18/h6-11,14-15,19-20H,4-5,12-13H2,1-3H3/b11-10+/t19-,20-/m0/s1. The number of rotatable bonds is 5. The molecule has 5 heteroatoms. The molecular weight excluding hydrogens is 326 g/mol. The third-order valence-electron chi connectivity index (χ3n) is 5.01. The number of methoxy groups -OCH3 is 1. The summed E-state index contributed by atoms with van der Waals surface area (Å²) in [6.45, 7) is 2.86. The summed E-state index contributed by atoms with van der Waals surface area (Å²) < 4.78 is 7.44. The first-order valence-electron chi connectivity index (χ1n) is 9.12. The molecule has 1 aliphatic rings. The van der Waals surface area contributed by atoms with Gasteiger partial charge in [0.1, 0.15) is 0 Å². The number of benzene rings is 1. The minimum Gasteiger partial charge on any atom is -0.379 e. The van der Waals surface area contributed by atoms with Gasteiger partial charge in [-0.1, -0.05) is 29.8 Å². The number of nitrogens with zero attached hydrogens (tertiary/aromatic N) is 3. The highest BCUT2D eigenvalue weighted by Crippen LogP contribution is 2.24. The van der Waals surface area contributed by atoms with Crippen molar-refractivity contribution in [3.05, 3.63) is 59.4 Å². The van der Waals surface area contributed by atoms with Crippen molar-refractivity contribution in [1.82, 2.24) is 14.7 Å². The molecule has 1 amide bonds. The van der Waals surface area contributed by atoms with E-state index < -0.39 is 0 Å². The van der Waals surface area contributed by atoms with Crippen molar-refractivity contribution in [2.75, 3.05) is 13.7 Å². The average Bonchev–Trinajstić information content (AvgIpc) is 3.07. The Bertz CT molecular complexity index is 764. The minimum atomic E-state index is 0.0349. The minimum absolute atomic E-state index is 0.0349. The van der Waals surface area contributed by atoms with Crippen molar-refractivity contribution in [2.24, 2.45) is 7.05 Å². The van der Waals surface area contributed by atoms with Crippen molar-refractivity contribution in [1.29, 1.82) is 0 Å². The molecular formula is C21H27N3O2. The lowest BCUT2D eigenvalue weighted by atomic mass is 9.92. The van der Waals surface area contributed by atoms with Crippen LogP contribution in [0.15, 0.2) is 42.7 Å². The molecule has 0 spiro atoms. The van der Waals surface area contributed by atoms with Crippen LogP contribution < -0.4 is 0 Å². The second-order valence-corrected chi connectivity index (χ2v) is 6.99. The van der Waals surface area contributed by atoms with Crippen LogP contribution in [0, 0.1) is 6.92 Å². The Morgan fingerprint density at radius 2 is 2.12 bits per heavy atom. The van der Waals surface area contributed by atoms with Crippen LogP contribution in [-0.2, 0) is 23.0 Å². The van der Waals surface area contributed by atoms with Crippen LogP contribution in [0.25, 0.3) is 6.08 Å². The van der Waals surface area contributed by atoms with Gasteiger partial charge in [-0.15, -0.1) is 0 Å². The molecule has 1 saturated heterocycles. The van der Waals surface area contributed by atoms with E-state index >= 15 is 0 Å². The van der Waals surface area contributed by atoms with Crippen molar-refractivity contribution in [2.45, 2.75) is 38.3 Å². The second kappa shape index (κ2) is 8.32. The maximum atomic E-state index is 12.9. The predicted molar refractivity (Wildman–Crippen MR) is 103 cm³/mol. The number of hydrogen-bond acceptors (Lipinski definition) is 3. The van der Waals surface area contributed by atoms with E-state index in [1.165, 1.54) is 11.1 Å². The highest BCUT2D eigenvalue weighted by atomic mass is 16.5. The van der Waals surface area contributed by atoms with E-state index in [1.54, 1.807) is 24.1 Å². The van der Waals surface area contributed by atoms with Gasteiger partial charge in [-0.2, -0.15) is 5.10 Å². The van der Waals surface area contributed by atoms with Crippen molar-refractivity contribution < 1.29 is 9.53 Å². The van der Waals surface area contributed by atoms with E-state index in [0.29, 0.717) is 0 Å². The number of ether oxygens (including phenoxy) is 1. The number of hydrogen-bond donors (Lipinski definition) is 0. The molecule has 1 aromatic carbocycles. The van der Waals surface area contributed by atoms with Gasteiger partial charge in [-0.05, 0) is 37.8 Å². The van der Waals surface area contributed by atoms with E-state index in [0.717, 1.165) is 31.4 Å². The Morgan fingerprint density at radius 3 is 2.77 bits per heavy atom. The van der Waals surface area contributed by atoms with Gasteiger partial charge >= 0.3 is 0 Å². The Kier molecular flexibility index (Phi) is 5.89. The van der Waals surface area contributed by atoms with Crippen LogP contribution in [0.4, 0.5) is 0 Å². The van der Waals surface area contributed by atoms with E-state index in [2.05, 4.69) is 36.3 Å². The summed E-state index contributed by atoms with van der Waals surface area (Å²) in [7, 11) is 3.61. The molecule has 1 aliphatic heterocycles. The number of likely N-dealkylation sites (tertiary alicyclic amines) is 1. The predicted octanol–water partition coefficient (Wildman–Crippen LogP) is 2.99. The maximum absolute atomic E-state index is 12.9. The highest BCUT2D eigenvalue weighted by molar-refractivity contribution is 5.92. The Balaban J connectivity index is 1.76. The zero-order valence-corrected chi connectivity index (χ0v) is 15.8. The van der Waals surface area contributed by atoms with Crippen LogP contribution in [0.2, 0.25) is 0 Å². The van der Waals surface area contributed by atoms with Gasteiger partial charge in [-0.25, -0.2) is 0 Å². The van der Waals surface area contributed by atoms with Gasteiger partial charge in [0.2, 0.25) is 5.91 Å². The topological polar surface area (TPSA) is 47.4 Å². The Morgan fingerprint density at radius 1 is 1.35 bits per heavy atom. The monoisotopic (exact) mass is 353 g/mol. The fraction of sp³-hybridized carbons (Fsp3) is 0.429. The lowest BCUT2D eigenvalue weighted by Crippen LogP contribution is -2.52. The maximum Gasteiger partial charge on any atom is 0.246 e. The lowest BCUT2D eigenvalue weighted by Gasteiger charge is -2.40. The first-order valence-corrected chi connectivity index (χ1v) is 9.12. The molecule has 0 bridgehead atoms. The summed E-state index contributed by atoms with van der Waals surface area (Å²) in [6, 6.07) is 8.58. The number of piperidine rings is 1. The van der Waals surface area contributed by atoms with Crippen molar-refractivity contribution in [3.8, 4) is 0 Å². The molecule has 2 atom stereocenters. The van der Waals surface area contributed by atoms with Gasteiger partial charge in [0.25, 0.3) is 0 Å². The quantitative estimate of drug-likeness (QED) is 0.777. The molecule has 0 aliphatic carbocycles. The summed E-state index contributed by atoms with van der Waals surface area (Å²) >= 11 is 0. The van der Waals surface area contributed by atoms with Gasteiger partial charge in [0.05, 0.1) is 18.3 Å². The fourth-order valence-corrected chi connectivity index (χ4v) is 3.57. The van der Waals surface area contributed by atoms with Crippen LogP contribution in [0.5, 0.6) is 0 Å². The lowest BCUT2D eigenvalue weighted by molar-refractivity contribution is -0.134. The van der Waals surface area contributed by atoms with Crippen LogP contribution in [0.3, 0.4) is 0 Å². The van der Waals surface area contributed by atoms with Crippen LogP contribution >= 0.6 is 0 Å². The first-order chi connectivity index (χ1) is 12.6. The SMILES string of the molecule is CO[C@H]1CCCN(C(=O)/C=C/c2cnn(C)c2)[C@H]1Cc1ccc(C)cc1. The van der Waals surface area contributed by atoms with Crippen molar-refractivity contribution in [3.63, 3.8) is 0 Å². The molecule has 0 radical (unpaired) electrons. The van der Waals surface area contributed by atoms with Gasteiger partial charge in [-0.3, -0.25) is 9.48 Å². The highest BCUT2D eigenvalue weighted by Gasteiger charge is 2.33. The van der Waals surface area contributed by atoms with Gasteiger partial charge < -0.3 is 9.64 Å². The number of carbonyl (C=O) groups excluding carboxylic acids is 1. The zero-order valence-electron chi connectivity index (χ0n) is 15.8. The fourth-order valence-electron chi connectivity index (χ4n) is 3.57. The summed E-state index contributed by atoms with van der Waals surface area (Å²) in [5.74, 6) is 0.0349. The summed E-state index contributed by atoms with van der Waals surface area (Å²) in [5, 5.41) is 4.13. The largest absolute Gasteiger partial charge is 0.379 e. The van der Waals surface area contributed by atoms with E-state index in [4.69, 9.17) is 4.74 Å². The molecule has 3 rings (SSSR count). The van der Waals surface area contributed by atoms with Crippen molar-refractivity contribution >= 4 is 12.0 Å². The van der Waals surface area contributed by atoms with E-state index in [9.17, 15) is 4.79 Å². The third kappa shape index (κ3) is 4.41. The summed E-state index contributed by atoms with van der Waals surface area (Å²) in [4.78, 5) is 14.8. The third-order valence-corrected chi connectivity index (χ3v) is 5.01. The molecule has 0 unspecified atom stereocenters. The Labute approximate surface area is 155 Å². The Hall–Kier alpha value is -2.40. The average molecular weight is 353 g/mol. The van der Waals surface area contributed by atoms with Crippen LogP contribution in [0.1, 0.15) is 29.5 Å². The van der Waals surface area contributed by atoms with E-state index in [1.807, 2.05) is 24.2 Å². The molecule has 2 heterocycles. The summed E-state index contributed by atoms with van der Waals surface area (Å²) in [5.41, 5.74) is 3.41. The molecule has 0 saturated carbocycles. The molecule has 1 fully saturated rings. The molecule has 5 nitrogen and oxygen atoms in total. The first kappa shape index (κ1) is 18.4. The zero-order chi connectivity index (χ0) is 18.5. The van der Waals surface area contributed by atoms with E-state index in [-0.39, 0.29) is 18.1 Å². The smallest absolute Gasteiger partial charge is 0.246 e. The second-order valence-electron chi connectivity index (χ2n) is 6.99. The summed E-state index contributed by atoms with van der Waals surface area (Å²) in [6.07, 6.45) is 9.96. The molecule has 0 N–H and O–H groups in total. The van der Waals surface area contributed by atoms with Gasteiger partial charge in [0, 0.05) is 38.5 Å². The van der Waals surface area contributed by atoms with Crippen LogP contribution in [-0.4, -0.2) is 46.4 Å².